The Morgan fingerprint density at radius 2 is 2.17 bits per heavy atom. The maximum Gasteiger partial charge on any atom is 0.413 e. The van der Waals surface area contributed by atoms with E-state index in [0.717, 1.165) is 19.5 Å². The van der Waals surface area contributed by atoms with Gasteiger partial charge in [0.1, 0.15) is 0 Å². The molecule has 1 aliphatic rings. The van der Waals surface area contributed by atoms with Gasteiger partial charge in [0.25, 0.3) is 0 Å². The van der Waals surface area contributed by atoms with Gasteiger partial charge in [-0.15, -0.1) is 0 Å². The molecule has 1 aromatic carbocycles. The molecular formula is C13H16N2O2S. The first-order chi connectivity index (χ1) is 8.70. The lowest BCUT2D eigenvalue weighted by atomic mass is 10.0. The van der Waals surface area contributed by atoms with E-state index in [2.05, 4.69) is 17.4 Å². The molecule has 0 radical (unpaired) electrons. The first-order valence-corrected chi connectivity index (χ1v) is 6.41. The summed E-state index contributed by atoms with van der Waals surface area (Å²) in [7, 11) is 0. The lowest BCUT2D eigenvalue weighted by Crippen LogP contribution is -2.45. The van der Waals surface area contributed by atoms with Gasteiger partial charge >= 0.3 is 6.09 Å². The highest BCUT2D eigenvalue weighted by Crippen LogP contribution is 2.18. The third kappa shape index (κ3) is 2.98. The molecule has 1 aliphatic heterocycles. The third-order valence-corrected chi connectivity index (χ3v) is 3.26. The standard InChI is InChI=1S/C13H16N2O2S/c1-2-17-13(16)14-12(18)15-8-7-10-5-3-4-6-11(10)9-15/h3-6H,2,7-9H2,1H3,(H,14,16,18). The van der Waals surface area contributed by atoms with Crippen molar-refractivity contribution in [1.82, 2.24) is 10.2 Å². The van der Waals surface area contributed by atoms with E-state index in [1.807, 2.05) is 17.0 Å². The zero-order valence-corrected chi connectivity index (χ0v) is 11.1. The molecule has 5 heteroatoms. The Labute approximate surface area is 112 Å². The molecule has 0 spiro atoms. The van der Waals surface area contributed by atoms with E-state index < -0.39 is 6.09 Å². The van der Waals surface area contributed by atoms with E-state index in [1.54, 1.807) is 6.92 Å². The van der Waals surface area contributed by atoms with Crippen molar-refractivity contribution in [1.29, 1.82) is 0 Å². The Morgan fingerprint density at radius 1 is 1.44 bits per heavy atom. The fourth-order valence-electron chi connectivity index (χ4n) is 2.00. The molecule has 0 bridgehead atoms. The number of amides is 1. The summed E-state index contributed by atoms with van der Waals surface area (Å²) in [6, 6.07) is 8.29. The molecule has 0 aliphatic carbocycles. The van der Waals surface area contributed by atoms with Gasteiger partial charge in [-0.25, -0.2) is 4.79 Å². The maximum absolute atomic E-state index is 11.3. The normalized spacial score (nSPS) is 13.7. The maximum atomic E-state index is 11.3. The van der Waals surface area contributed by atoms with Gasteiger partial charge in [-0.3, -0.25) is 5.32 Å². The molecule has 1 aromatic rings. The monoisotopic (exact) mass is 264 g/mol. The van der Waals surface area contributed by atoms with Crippen molar-refractivity contribution in [3.8, 4) is 0 Å². The minimum atomic E-state index is -0.485. The fourth-order valence-corrected chi connectivity index (χ4v) is 2.24. The first-order valence-electron chi connectivity index (χ1n) is 6.00. The van der Waals surface area contributed by atoms with Crippen molar-refractivity contribution in [2.75, 3.05) is 13.2 Å². The van der Waals surface area contributed by atoms with Gasteiger partial charge in [0.05, 0.1) is 6.61 Å². The predicted molar refractivity (Wildman–Crippen MR) is 73.3 cm³/mol. The quantitative estimate of drug-likeness (QED) is 0.789. The molecule has 1 heterocycles. The topological polar surface area (TPSA) is 41.6 Å². The number of carbonyl (C=O) groups is 1. The van der Waals surface area contributed by atoms with Crippen LogP contribution in [0.2, 0.25) is 0 Å². The van der Waals surface area contributed by atoms with Gasteiger partial charge in [-0.05, 0) is 36.7 Å². The zero-order valence-electron chi connectivity index (χ0n) is 10.3. The summed E-state index contributed by atoms with van der Waals surface area (Å²) in [5, 5.41) is 3.01. The molecule has 0 aromatic heterocycles. The number of hydrogen-bond acceptors (Lipinski definition) is 3. The van der Waals surface area contributed by atoms with Crippen LogP contribution in [0.4, 0.5) is 4.79 Å². The van der Waals surface area contributed by atoms with Gasteiger partial charge < -0.3 is 9.64 Å². The summed E-state index contributed by atoms with van der Waals surface area (Å²) in [5.41, 5.74) is 2.62. The lowest BCUT2D eigenvalue weighted by molar-refractivity contribution is 0.156. The van der Waals surface area contributed by atoms with Crippen LogP contribution in [0.3, 0.4) is 0 Å². The Balaban J connectivity index is 1.96. The molecule has 96 valence electrons. The van der Waals surface area contributed by atoms with Crippen LogP contribution in [0.25, 0.3) is 0 Å². The number of alkyl carbamates (subject to hydrolysis) is 1. The second-order valence-corrected chi connectivity index (χ2v) is 4.48. The Kier molecular flexibility index (Phi) is 4.15. The van der Waals surface area contributed by atoms with Crippen molar-refractivity contribution in [2.45, 2.75) is 19.9 Å². The van der Waals surface area contributed by atoms with Crippen LogP contribution in [0.5, 0.6) is 0 Å². The summed E-state index contributed by atoms with van der Waals surface area (Å²) < 4.78 is 4.81. The van der Waals surface area contributed by atoms with Crippen LogP contribution in [-0.4, -0.2) is 29.3 Å². The molecule has 1 amide bonds. The Bertz CT molecular complexity index is 462. The van der Waals surface area contributed by atoms with Gasteiger partial charge in [0.15, 0.2) is 5.11 Å². The van der Waals surface area contributed by atoms with Crippen molar-refractivity contribution in [3.63, 3.8) is 0 Å². The molecule has 0 atom stereocenters. The molecule has 0 saturated carbocycles. The van der Waals surface area contributed by atoms with Crippen LogP contribution < -0.4 is 5.32 Å². The highest BCUT2D eigenvalue weighted by molar-refractivity contribution is 7.80. The average Bonchev–Trinajstić information content (AvgIpc) is 2.38. The summed E-state index contributed by atoms with van der Waals surface area (Å²) in [5.74, 6) is 0. The zero-order chi connectivity index (χ0) is 13.0. The van der Waals surface area contributed by atoms with Crippen molar-refractivity contribution < 1.29 is 9.53 Å². The van der Waals surface area contributed by atoms with Gasteiger partial charge in [-0.1, -0.05) is 24.3 Å². The van der Waals surface area contributed by atoms with Gasteiger partial charge in [-0.2, -0.15) is 0 Å². The van der Waals surface area contributed by atoms with Gasteiger partial charge in [0, 0.05) is 13.1 Å². The average molecular weight is 264 g/mol. The van der Waals surface area contributed by atoms with Crippen LogP contribution in [0.15, 0.2) is 24.3 Å². The van der Waals surface area contributed by atoms with E-state index in [-0.39, 0.29) is 0 Å². The van der Waals surface area contributed by atoms with Crippen molar-refractivity contribution >= 4 is 23.4 Å². The number of nitrogens with one attached hydrogen (secondary N) is 1. The highest BCUT2D eigenvalue weighted by atomic mass is 32.1. The van der Waals surface area contributed by atoms with E-state index >= 15 is 0 Å². The van der Waals surface area contributed by atoms with Crippen LogP contribution in [0.1, 0.15) is 18.1 Å². The Hall–Kier alpha value is -1.62. The van der Waals surface area contributed by atoms with Crippen LogP contribution >= 0.6 is 12.2 Å². The van der Waals surface area contributed by atoms with E-state index in [4.69, 9.17) is 17.0 Å². The molecule has 0 unspecified atom stereocenters. The largest absolute Gasteiger partial charge is 0.450 e. The number of nitrogens with zero attached hydrogens (tertiary/aromatic N) is 1. The van der Waals surface area contributed by atoms with E-state index in [0.29, 0.717) is 11.7 Å². The molecule has 0 fully saturated rings. The van der Waals surface area contributed by atoms with Crippen molar-refractivity contribution in [2.24, 2.45) is 0 Å². The van der Waals surface area contributed by atoms with Gasteiger partial charge in [0.2, 0.25) is 0 Å². The number of fused-ring (bicyclic) bond motifs is 1. The number of benzene rings is 1. The SMILES string of the molecule is CCOC(=O)NC(=S)N1CCc2ccccc2C1. The fraction of sp³-hybridized carbons (Fsp3) is 0.385. The number of rotatable bonds is 1. The number of thiocarbonyl (C=S) groups is 1. The number of carbonyl (C=O) groups excluding carboxylic acids is 1. The second-order valence-electron chi connectivity index (χ2n) is 4.09. The minimum Gasteiger partial charge on any atom is -0.450 e. The van der Waals surface area contributed by atoms with Crippen LogP contribution in [-0.2, 0) is 17.7 Å². The molecule has 18 heavy (non-hydrogen) atoms. The molecule has 4 nitrogen and oxygen atoms in total. The van der Waals surface area contributed by atoms with Crippen LogP contribution in [0, 0.1) is 0 Å². The summed E-state index contributed by atoms with van der Waals surface area (Å²) >= 11 is 5.21. The van der Waals surface area contributed by atoms with E-state index in [1.165, 1.54) is 11.1 Å². The molecule has 0 saturated heterocycles. The molecule has 1 N–H and O–H groups in total. The first kappa shape index (κ1) is 12.8. The lowest BCUT2D eigenvalue weighted by Gasteiger charge is -2.30. The third-order valence-electron chi connectivity index (χ3n) is 2.90. The van der Waals surface area contributed by atoms with E-state index in [9.17, 15) is 4.79 Å². The highest BCUT2D eigenvalue weighted by Gasteiger charge is 2.19. The molecular weight excluding hydrogens is 248 g/mol. The Morgan fingerprint density at radius 3 is 2.89 bits per heavy atom. The molecule has 2 rings (SSSR count). The summed E-state index contributed by atoms with van der Waals surface area (Å²) in [6.07, 6.45) is 0.460. The second kappa shape index (κ2) is 5.82. The smallest absolute Gasteiger partial charge is 0.413 e. The number of ether oxygens (including phenoxy) is 1. The number of hydrogen-bond donors (Lipinski definition) is 1. The predicted octanol–water partition coefficient (Wildman–Crippen LogP) is 2.08. The summed E-state index contributed by atoms with van der Waals surface area (Å²) in [6.45, 7) is 3.67. The minimum absolute atomic E-state index is 0.345. The van der Waals surface area contributed by atoms with Crippen molar-refractivity contribution in [3.05, 3.63) is 35.4 Å². The summed E-state index contributed by atoms with van der Waals surface area (Å²) in [4.78, 5) is 13.3.